The van der Waals surface area contributed by atoms with Crippen molar-refractivity contribution in [2.75, 3.05) is 13.6 Å². The van der Waals surface area contributed by atoms with Crippen LogP contribution >= 0.6 is 0 Å². The molecule has 176 valence electrons. The molecule has 2 N–H and O–H groups in total. The quantitative estimate of drug-likeness (QED) is 0.304. The van der Waals surface area contributed by atoms with Crippen molar-refractivity contribution < 1.29 is 19.9 Å². The Balaban J connectivity index is 1.98. The van der Waals surface area contributed by atoms with Crippen LogP contribution in [0.4, 0.5) is 0 Å². The molecule has 34 heavy (non-hydrogen) atoms. The van der Waals surface area contributed by atoms with Gasteiger partial charge in [0.05, 0.1) is 5.71 Å². The van der Waals surface area contributed by atoms with Crippen LogP contribution in [-0.4, -0.2) is 51.0 Å². The first kappa shape index (κ1) is 24.4. The highest BCUT2D eigenvalue weighted by Gasteiger charge is 2.22. The zero-order chi connectivity index (χ0) is 24.8. The van der Waals surface area contributed by atoms with Gasteiger partial charge in [0.2, 0.25) is 5.56 Å². The largest absolute Gasteiger partial charge is 0.480 e. The number of pyridine rings is 1. The first-order valence-corrected chi connectivity index (χ1v) is 10.7. The van der Waals surface area contributed by atoms with E-state index in [0.29, 0.717) is 23.3 Å². The fourth-order valence-electron chi connectivity index (χ4n) is 3.91. The molecule has 3 rings (SSSR count). The molecule has 1 amide bonds. The number of carboxylic acids is 1. The van der Waals surface area contributed by atoms with E-state index in [1.54, 1.807) is 31.4 Å². The van der Waals surface area contributed by atoms with Gasteiger partial charge in [-0.25, -0.2) is 0 Å². The van der Waals surface area contributed by atoms with Gasteiger partial charge in [0.25, 0.3) is 5.91 Å². The molecule has 0 aliphatic heterocycles. The fourth-order valence-corrected chi connectivity index (χ4v) is 3.91. The second kappa shape index (κ2) is 10.6. The molecule has 1 aromatic heterocycles. The van der Waals surface area contributed by atoms with Gasteiger partial charge in [-0.15, -0.1) is 0 Å². The summed E-state index contributed by atoms with van der Waals surface area (Å²) in [7, 11) is 3.08. The molecule has 3 aromatic rings. The van der Waals surface area contributed by atoms with E-state index in [4.69, 9.17) is 5.11 Å². The van der Waals surface area contributed by atoms with Gasteiger partial charge in [-0.2, -0.15) is 0 Å². The fraction of sp³-hybridized carbons (Fsp3) is 0.231. The molecule has 8 heteroatoms. The monoisotopic (exact) mass is 461 g/mol. The Morgan fingerprint density at radius 3 is 2.26 bits per heavy atom. The van der Waals surface area contributed by atoms with Crippen molar-refractivity contribution >= 4 is 17.6 Å². The summed E-state index contributed by atoms with van der Waals surface area (Å²) in [5, 5.41) is 22.3. The second-order valence-electron chi connectivity index (χ2n) is 8.20. The number of hydrogen-bond acceptors (Lipinski definition) is 5. The van der Waals surface area contributed by atoms with E-state index in [1.807, 2.05) is 43.3 Å². The van der Waals surface area contributed by atoms with Crippen LogP contribution in [0.5, 0.6) is 0 Å². The van der Waals surface area contributed by atoms with Gasteiger partial charge in [-0.05, 0) is 41.8 Å². The normalized spacial score (nSPS) is 12.3. The number of likely N-dealkylation sites (N-methyl/N-ethyl adjacent to an activating group) is 1. The van der Waals surface area contributed by atoms with Crippen LogP contribution in [0.25, 0.3) is 0 Å². The molecule has 8 nitrogen and oxygen atoms in total. The number of aromatic nitrogens is 1. The SMILES string of the molecule is Cc1ccccc1C(C/C(=N/O)c1ccc(=O)n(C)c1)c1ccc(C(=O)N(C)CC(=O)O)cc1. The summed E-state index contributed by atoms with van der Waals surface area (Å²) < 4.78 is 1.43. The number of carboxylic acid groups (broad SMARTS) is 1. The molecular weight excluding hydrogens is 434 g/mol. The minimum absolute atomic E-state index is 0.162. The summed E-state index contributed by atoms with van der Waals surface area (Å²) in [5.41, 5.74) is 4.27. The molecule has 0 radical (unpaired) electrons. The standard InChI is InChI=1S/C26H27N3O5/c1-17-6-4-5-7-21(17)22(14-23(27-34)20-12-13-24(30)28(2)15-20)18-8-10-19(11-9-18)26(33)29(3)16-25(31)32/h4-13,15,22,34H,14,16H2,1-3H3,(H,31,32)/b27-23-. The second-order valence-corrected chi connectivity index (χ2v) is 8.20. The predicted molar refractivity (Wildman–Crippen MR) is 129 cm³/mol. The van der Waals surface area contributed by atoms with Gasteiger partial charge >= 0.3 is 5.97 Å². The van der Waals surface area contributed by atoms with E-state index < -0.39 is 5.97 Å². The van der Waals surface area contributed by atoms with Crippen LogP contribution in [0.2, 0.25) is 0 Å². The number of amides is 1. The third kappa shape index (κ3) is 5.58. The number of aryl methyl sites for hydroxylation is 2. The summed E-state index contributed by atoms with van der Waals surface area (Å²) in [6.07, 6.45) is 1.98. The molecule has 1 atom stereocenters. The van der Waals surface area contributed by atoms with Gasteiger partial charge in [0.15, 0.2) is 0 Å². The van der Waals surface area contributed by atoms with E-state index in [1.165, 1.54) is 17.7 Å². The Hall–Kier alpha value is -4.20. The average Bonchev–Trinajstić information content (AvgIpc) is 2.82. The molecule has 1 unspecified atom stereocenters. The number of nitrogens with zero attached hydrogens (tertiary/aromatic N) is 3. The van der Waals surface area contributed by atoms with Crippen molar-refractivity contribution in [1.82, 2.24) is 9.47 Å². The van der Waals surface area contributed by atoms with Crippen LogP contribution < -0.4 is 5.56 Å². The van der Waals surface area contributed by atoms with Crippen molar-refractivity contribution in [2.45, 2.75) is 19.3 Å². The molecule has 0 bridgehead atoms. The lowest BCUT2D eigenvalue weighted by Gasteiger charge is -2.22. The zero-order valence-electron chi connectivity index (χ0n) is 19.3. The van der Waals surface area contributed by atoms with E-state index in [9.17, 15) is 19.6 Å². The van der Waals surface area contributed by atoms with E-state index >= 15 is 0 Å². The topological polar surface area (TPSA) is 112 Å². The summed E-state index contributed by atoms with van der Waals surface area (Å²) in [6.45, 7) is 1.62. The van der Waals surface area contributed by atoms with E-state index in [2.05, 4.69) is 5.16 Å². The third-order valence-electron chi connectivity index (χ3n) is 5.78. The summed E-state index contributed by atoms with van der Waals surface area (Å²) >= 11 is 0. The Labute approximate surface area is 197 Å². The molecule has 0 aliphatic rings. The smallest absolute Gasteiger partial charge is 0.323 e. The highest BCUT2D eigenvalue weighted by molar-refractivity contribution is 6.00. The lowest BCUT2D eigenvalue weighted by molar-refractivity contribution is -0.137. The van der Waals surface area contributed by atoms with Crippen LogP contribution in [0.1, 0.15) is 45.0 Å². The Bertz CT molecular complexity index is 1280. The van der Waals surface area contributed by atoms with Crippen molar-refractivity contribution in [3.63, 3.8) is 0 Å². The van der Waals surface area contributed by atoms with E-state index in [-0.39, 0.29) is 23.9 Å². The Kier molecular flexibility index (Phi) is 7.63. The van der Waals surface area contributed by atoms with Crippen LogP contribution in [-0.2, 0) is 11.8 Å². The number of oxime groups is 1. The molecule has 0 fully saturated rings. The van der Waals surface area contributed by atoms with Crippen LogP contribution in [0, 0.1) is 6.92 Å². The lowest BCUT2D eigenvalue weighted by Crippen LogP contribution is -2.31. The van der Waals surface area contributed by atoms with Gasteiger partial charge in [-0.3, -0.25) is 14.4 Å². The zero-order valence-corrected chi connectivity index (χ0v) is 19.3. The van der Waals surface area contributed by atoms with Crippen LogP contribution in [0.3, 0.4) is 0 Å². The summed E-state index contributed by atoms with van der Waals surface area (Å²) in [6, 6.07) is 18.0. The van der Waals surface area contributed by atoms with Gasteiger partial charge in [-0.1, -0.05) is 41.6 Å². The number of benzene rings is 2. The highest BCUT2D eigenvalue weighted by atomic mass is 16.4. The summed E-state index contributed by atoms with van der Waals surface area (Å²) in [4.78, 5) is 36.4. The third-order valence-corrected chi connectivity index (χ3v) is 5.78. The minimum atomic E-state index is -1.08. The molecule has 2 aromatic carbocycles. The number of carbonyl (C=O) groups is 2. The minimum Gasteiger partial charge on any atom is -0.480 e. The first-order chi connectivity index (χ1) is 16.2. The van der Waals surface area contributed by atoms with Crippen molar-refractivity contribution in [2.24, 2.45) is 12.2 Å². The number of hydrogen-bond donors (Lipinski definition) is 2. The Morgan fingerprint density at radius 1 is 1.03 bits per heavy atom. The first-order valence-electron chi connectivity index (χ1n) is 10.7. The molecule has 1 heterocycles. The lowest BCUT2D eigenvalue weighted by atomic mass is 9.83. The number of carbonyl (C=O) groups excluding carboxylic acids is 1. The summed E-state index contributed by atoms with van der Waals surface area (Å²) in [5.74, 6) is -1.66. The number of aliphatic carboxylic acids is 1. The van der Waals surface area contributed by atoms with Crippen molar-refractivity contribution in [1.29, 1.82) is 0 Å². The highest BCUT2D eigenvalue weighted by Crippen LogP contribution is 2.32. The maximum atomic E-state index is 12.5. The maximum Gasteiger partial charge on any atom is 0.323 e. The van der Waals surface area contributed by atoms with Crippen molar-refractivity contribution in [3.05, 3.63) is 105 Å². The van der Waals surface area contributed by atoms with Crippen LogP contribution in [0.15, 0.2) is 76.8 Å². The Morgan fingerprint density at radius 2 is 1.68 bits per heavy atom. The molecule has 0 aliphatic carbocycles. The van der Waals surface area contributed by atoms with Gasteiger partial charge in [0.1, 0.15) is 6.54 Å². The predicted octanol–water partition coefficient (Wildman–Crippen LogP) is 3.25. The van der Waals surface area contributed by atoms with Gasteiger partial charge < -0.3 is 19.8 Å². The van der Waals surface area contributed by atoms with Crippen molar-refractivity contribution in [3.8, 4) is 0 Å². The molecule has 0 saturated carbocycles. The average molecular weight is 462 g/mol. The van der Waals surface area contributed by atoms with Gasteiger partial charge in [0, 0.05) is 49.8 Å². The molecule has 0 saturated heterocycles. The molecular formula is C26H27N3O5. The maximum absolute atomic E-state index is 12.5. The molecule has 0 spiro atoms. The number of rotatable bonds is 8. The van der Waals surface area contributed by atoms with E-state index in [0.717, 1.165) is 21.6 Å².